The molecule has 0 atom stereocenters. The van der Waals surface area contributed by atoms with Crippen LogP contribution in [0.5, 0.6) is 0 Å². The Morgan fingerprint density at radius 1 is 1.18 bits per heavy atom. The van der Waals surface area contributed by atoms with Crippen LogP contribution < -0.4 is 5.32 Å². The molecule has 2 aromatic rings. The number of hydrogen-bond donors (Lipinski definition) is 2. The van der Waals surface area contributed by atoms with Crippen LogP contribution >= 0.6 is 11.3 Å². The standard InChI is InChI=1S/C13H13NO2S/c15-9-8-14-13(16)12-7-6-11(17-12)10-4-2-1-3-5-10/h1-7,15H,8-9H2,(H,14,16). The maximum Gasteiger partial charge on any atom is 0.261 e. The smallest absolute Gasteiger partial charge is 0.261 e. The summed E-state index contributed by atoms with van der Waals surface area (Å²) in [5.74, 6) is -0.133. The molecule has 1 aromatic carbocycles. The minimum atomic E-state index is -0.133. The number of carbonyl (C=O) groups excluding carboxylic acids is 1. The lowest BCUT2D eigenvalue weighted by Gasteiger charge is -1.99. The number of aliphatic hydroxyl groups excluding tert-OH is 1. The number of thiophene rings is 1. The zero-order chi connectivity index (χ0) is 12.1. The van der Waals surface area contributed by atoms with Crippen molar-refractivity contribution >= 4 is 17.2 Å². The second-order valence-electron chi connectivity index (χ2n) is 3.51. The fourth-order valence-electron chi connectivity index (χ4n) is 1.47. The van der Waals surface area contributed by atoms with Gasteiger partial charge in [-0.25, -0.2) is 0 Å². The molecule has 0 bridgehead atoms. The molecule has 17 heavy (non-hydrogen) atoms. The minimum Gasteiger partial charge on any atom is -0.395 e. The van der Waals surface area contributed by atoms with Crippen molar-refractivity contribution in [3.63, 3.8) is 0 Å². The number of nitrogens with one attached hydrogen (secondary N) is 1. The summed E-state index contributed by atoms with van der Waals surface area (Å²) in [6, 6.07) is 13.7. The van der Waals surface area contributed by atoms with Gasteiger partial charge in [-0.3, -0.25) is 4.79 Å². The van der Waals surface area contributed by atoms with Crippen molar-refractivity contribution in [3.8, 4) is 10.4 Å². The predicted molar refractivity (Wildman–Crippen MR) is 69.2 cm³/mol. The van der Waals surface area contributed by atoms with Crippen molar-refractivity contribution in [2.45, 2.75) is 0 Å². The molecule has 0 aliphatic heterocycles. The van der Waals surface area contributed by atoms with Gasteiger partial charge < -0.3 is 10.4 Å². The summed E-state index contributed by atoms with van der Waals surface area (Å²) in [4.78, 5) is 13.4. The second kappa shape index (κ2) is 5.61. The Kier molecular flexibility index (Phi) is 3.90. The molecule has 3 nitrogen and oxygen atoms in total. The SMILES string of the molecule is O=C(NCCO)c1ccc(-c2ccccc2)s1. The van der Waals surface area contributed by atoms with Crippen LogP contribution in [-0.4, -0.2) is 24.2 Å². The molecule has 0 radical (unpaired) electrons. The van der Waals surface area contributed by atoms with Gasteiger partial charge in [0.1, 0.15) is 0 Å². The number of hydrogen-bond acceptors (Lipinski definition) is 3. The summed E-state index contributed by atoms with van der Waals surface area (Å²) in [5.41, 5.74) is 1.11. The number of benzene rings is 1. The van der Waals surface area contributed by atoms with E-state index in [0.717, 1.165) is 10.4 Å². The van der Waals surface area contributed by atoms with Gasteiger partial charge in [0.2, 0.25) is 0 Å². The van der Waals surface area contributed by atoms with Gasteiger partial charge in [0.05, 0.1) is 11.5 Å². The zero-order valence-electron chi connectivity index (χ0n) is 9.22. The second-order valence-corrected chi connectivity index (χ2v) is 4.59. The highest BCUT2D eigenvalue weighted by Crippen LogP contribution is 2.27. The number of carbonyl (C=O) groups is 1. The molecule has 1 amide bonds. The van der Waals surface area contributed by atoms with Crippen molar-refractivity contribution < 1.29 is 9.90 Å². The molecule has 1 heterocycles. The van der Waals surface area contributed by atoms with Crippen LogP contribution in [0.3, 0.4) is 0 Å². The van der Waals surface area contributed by atoms with E-state index in [4.69, 9.17) is 5.11 Å². The van der Waals surface area contributed by atoms with E-state index in [2.05, 4.69) is 5.32 Å². The first kappa shape index (κ1) is 11.8. The highest BCUT2D eigenvalue weighted by Gasteiger charge is 2.09. The summed E-state index contributed by atoms with van der Waals surface area (Å²) in [6.45, 7) is 0.250. The normalized spacial score (nSPS) is 10.2. The Balaban J connectivity index is 2.14. The summed E-state index contributed by atoms with van der Waals surface area (Å²) in [6.07, 6.45) is 0. The van der Waals surface area contributed by atoms with Crippen molar-refractivity contribution in [1.29, 1.82) is 0 Å². The Bertz CT molecular complexity index is 493. The third-order valence-electron chi connectivity index (χ3n) is 2.29. The quantitative estimate of drug-likeness (QED) is 0.869. The molecule has 1 aromatic heterocycles. The van der Waals surface area contributed by atoms with E-state index >= 15 is 0 Å². The Morgan fingerprint density at radius 3 is 2.65 bits per heavy atom. The monoisotopic (exact) mass is 247 g/mol. The highest BCUT2D eigenvalue weighted by atomic mass is 32.1. The van der Waals surface area contributed by atoms with Crippen LogP contribution in [0.15, 0.2) is 42.5 Å². The van der Waals surface area contributed by atoms with E-state index in [1.165, 1.54) is 11.3 Å². The van der Waals surface area contributed by atoms with E-state index in [9.17, 15) is 4.79 Å². The first-order chi connectivity index (χ1) is 8.31. The maximum absolute atomic E-state index is 11.6. The molecule has 88 valence electrons. The predicted octanol–water partition coefficient (Wildman–Crippen LogP) is 2.14. The van der Waals surface area contributed by atoms with Crippen molar-refractivity contribution in [3.05, 3.63) is 47.3 Å². The number of aliphatic hydroxyl groups is 1. The van der Waals surface area contributed by atoms with Gasteiger partial charge in [0, 0.05) is 11.4 Å². The first-order valence-corrected chi connectivity index (χ1v) is 6.17. The molecule has 0 unspecified atom stereocenters. The van der Waals surface area contributed by atoms with Crippen LogP contribution in [0.2, 0.25) is 0 Å². The molecule has 4 heteroatoms. The average molecular weight is 247 g/mol. The largest absolute Gasteiger partial charge is 0.395 e. The van der Waals surface area contributed by atoms with E-state index in [-0.39, 0.29) is 19.1 Å². The Hall–Kier alpha value is -1.65. The molecular weight excluding hydrogens is 234 g/mol. The van der Waals surface area contributed by atoms with Crippen LogP contribution in [0.4, 0.5) is 0 Å². The third kappa shape index (κ3) is 2.93. The molecule has 2 N–H and O–H groups in total. The summed E-state index contributed by atoms with van der Waals surface area (Å²) >= 11 is 1.45. The fourth-order valence-corrected chi connectivity index (χ4v) is 2.40. The van der Waals surface area contributed by atoms with Crippen molar-refractivity contribution in [2.75, 3.05) is 13.2 Å². The van der Waals surface area contributed by atoms with E-state index in [1.807, 2.05) is 36.4 Å². The van der Waals surface area contributed by atoms with Crippen molar-refractivity contribution in [1.82, 2.24) is 5.32 Å². The lowest BCUT2D eigenvalue weighted by molar-refractivity contribution is 0.0949. The molecule has 0 aliphatic carbocycles. The fraction of sp³-hybridized carbons (Fsp3) is 0.154. The van der Waals surface area contributed by atoms with Crippen LogP contribution in [0.1, 0.15) is 9.67 Å². The third-order valence-corrected chi connectivity index (χ3v) is 3.42. The molecule has 0 spiro atoms. The number of rotatable bonds is 4. The molecule has 0 fully saturated rings. The summed E-state index contributed by atoms with van der Waals surface area (Å²) in [5, 5.41) is 11.3. The van der Waals surface area contributed by atoms with Crippen LogP contribution in [0, 0.1) is 0 Å². The molecule has 0 saturated carbocycles. The van der Waals surface area contributed by atoms with Gasteiger partial charge in [-0.2, -0.15) is 0 Å². The number of amides is 1. The lowest BCUT2D eigenvalue weighted by atomic mass is 10.2. The first-order valence-electron chi connectivity index (χ1n) is 5.35. The Morgan fingerprint density at radius 2 is 1.94 bits per heavy atom. The van der Waals surface area contributed by atoms with E-state index in [1.54, 1.807) is 6.07 Å². The van der Waals surface area contributed by atoms with E-state index in [0.29, 0.717) is 4.88 Å². The zero-order valence-corrected chi connectivity index (χ0v) is 10.0. The molecule has 0 aliphatic rings. The maximum atomic E-state index is 11.6. The Labute approximate surface area is 104 Å². The highest BCUT2D eigenvalue weighted by molar-refractivity contribution is 7.17. The van der Waals surface area contributed by atoms with Crippen LogP contribution in [-0.2, 0) is 0 Å². The molecule has 2 rings (SSSR count). The van der Waals surface area contributed by atoms with Gasteiger partial charge in [-0.05, 0) is 17.7 Å². The van der Waals surface area contributed by atoms with Gasteiger partial charge in [0.25, 0.3) is 5.91 Å². The van der Waals surface area contributed by atoms with Crippen molar-refractivity contribution in [2.24, 2.45) is 0 Å². The van der Waals surface area contributed by atoms with Gasteiger partial charge in [-0.1, -0.05) is 30.3 Å². The minimum absolute atomic E-state index is 0.0390. The molecular formula is C13H13NO2S. The average Bonchev–Trinajstić information content (AvgIpc) is 2.86. The van der Waals surface area contributed by atoms with E-state index < -0.39 is 0 Å². The van der Waals surface area contributed by atoms with Gasteiger partial charge in [0.15, 0.2) is 0 Å². The topological polar surface area (TPSA) is 49.3 Å². The van der Waals surface area contributed by atoms with Gasteiger partial charge >= 0.3 is 0 Å². The summed E-state index contributed by atoms with van der Waals surface area (Å²) in [7, 11) is 0. The van der Waals surface area contributed by atoms with Crippen LogP contribution in [0.25, 0.3) is 10.4 Å². The van der Waals surface area contributed by atoms with Gasteiger partial charge in [-0.15, -0.1) is 11.3 Å². The summed E-state index contributed by atoms with van der Waals surface area (Å²) < 4.78 is 0. The molecule has 0 saturated heterocycles. The lowest BCUT2D eigenvalue weighted by Crippen LogP contribution is -2.25.